The highest BCUT2D eigenvalue weighted by Crippen LogP contribution is 2.25. The van der Waals surface area contributed by atoms with E-state index in [1.807, 2.05) is 19.3 Å². The third-order valence-electron chi connectivity index (χ3n) is 5.94. The molecule has 0 aliphatic carbocycles. The fraction of sp³-hybridized carbons (Fsp3) is 0.522. The zero-order valence-corrected chi connectivity index (χ0v) is 19.5. The number of hydrogen-bond donors (Lipinski definition) is 2. The number of likely N-dealkylation sites (tertiary alicyclic amines) is 1. The second kappa shape index (κ2) is 10.4. The molecule has 1 unspecified atom stereocenters. The molecule has 0 radical (unpaired) electrons. The van der Waals surface area contributed by atoms with Gasteiger partial charge in [0.2, 0.25) is 15.9 Å². The van der Waals surface area contributed by atoms with Crippen molar-refractivity contribution in [3.63, 3.8) is 0 Å². The van der Waals surface area contributed by atoms with Gasteiger partial charge in [0.15, 0.2) is 0 Å². The van der Waals surface area contributed by atoms with E-state index in [-0.39, 0.29) is 16.8 Å². The van der Waals surface area contributed by atoms with Gasteiger partial charge in [-0.1, -0.05) is 19.8 Å². The van der Waals surface area contributed by atoms with Crippen molar-refractivity contribution < 1.29 is 13.2 Å². The van der Waals surface area contributed by atoms with Crippen molar-refractivity contribution in [2.24, 2.45) is 7.05 Å². The van der Waals surface area contributed by atoms with Crippen LogP contribution in [-0.4, -0.2) is 43.4 Å². The molecule has 1 saturated heterocycles. The quantitative estimate of drug-likeness (QED) is 0.649. The minimum Gasteiger partial charge on any atom is -0.353 e. The smallest absolute Gasteiger partial charge is 0.240 e. The Morgan fingerprint density at radius 1 is 1.13 bits per heavy atom. The first-order chi connectivity index (χ1) is 14.8. The molecule has 7 nitrogen and oxygen atoms in total. The molecule has 1 aromatic carbocycles. The Morgan fingerprint density at radius 2 is 1.84 bits per heavy atom. The van der Waals surface area contributed by atoms with Crippen molar-refractivity contribution in [2.45, 2.75) is 56.9 Å². The Balaban J connectivity index is 1.78. The second-order valence-corrected chi connectivity index (χ2v) is 9.98. The van der Waals surface area contributed by atoms with Crippen LogP contribution in [0.1, 0.15) is 56.3 Å². The number of aromatic nitrogens is 1. The predicted octanol–water partition coefficient (Wildman–Crippen LogP) is 3.58. The largest absolute Gasteiger partial charge is 0.353 e. The van der Waals surface area contributed by atoms with Crippen molar-refractivity contribution in [3.8, 4) is 0 Å². The third kappa shape index (κ3) is 5.96. The molecule has 0 spiro atoms. The maximum atomic E-state index is 13.1. The molecule has 1 aliphatic heterocycles. The lowest BCUT2D eigenvalue weighted by molar-refractivity contribution is -0.115. The molecule has 1 fully saturated rings. The van der Waals surface area contributed by atoms with Gasteiger partial charge in [0, 0.05) is 37.6 Å². The number of amides is 1. The van der Waals surface area contributed by atoms with Crippen LogP contribution in [0.4, 0.5) is 5.69 Å². The summed E-state index contributed by atoms with van der Waals surface area (Å²) >= 11 is 0. The molecule has 8 heteroatoms. The summed E-state index contributed by atoms with van der Waals surface area (Å²) in [6, 6.07) is 8.95. The van der Waals surface area contributed by atoms with E-state index in [2.05, 4.69) is 25.6 Å². The van der Waals surface area contributed by atoms with Crippen LogP contribution < -0.4 is 10.0 Å². The van der Waals surface area contributed by atoms with E-state index < -0.39 is 10.0 Å². The number of carbonyl (C=O) groups excluding carboxylic acids is 1. The van der Waals surface area contributed by atoms with Crippen LogP contribution in [-0.2, 0) is 21.9 Å². The number of nitrogens with zero attached hydrogens (tertiary/aromatic N) is 2. The zero-order valence-electron chi connectivity index (χ0n) is 18.7. The average molecular weight is 447 g/mol. The highest BCUT2D eigenvalue weighted by Gasteiger charge is 2.26. The van der Waals surface area contributed by atoms with Crippen LogP contribution in [0.15, 0.2) is 41.4 Å². The van der Waals surface area contributed by atoms with Gasteiger partial charge in [0.05, 0.1) is 10.9 Å². The zero-order chi connectivity index (χ0) is 22.4. The molecule has 1 aromatic heterocycles. The summed E-state index contributed by atoms with van der Waals surface area (Å²) < 4.78 is 31.2. The van der Waals surface area contributed by atoms with Crippen LogP contribution in [0.3, 0.4) is 0 Å². The molecular weight excluding hydrogens is 412 g/mol. The number of nitrogens with one attached hydrogen (secondary N) is 2. The van der Waals surface area contributed by atoms with E-state index in [0.29, 0.717) is 24.2 Å². The topological polar surface area (TPSA) is 83.4 Å². The molecular formula is C23H34N4O3S. The average Bonchev–Trinajstić information content (AvgIpc) is 2.98. The fourth-order valence-electron chi connectivity index (χ4n) is 4.19. The number of anilines is 1. The maximum Gasteiger partial charge on any atom is 0.240 e. The van der Waals surface area contributed by atoms with Crippen molar-refractivity contribution in [2.75, 3.05) is 25.0 Å². The molecule has 170 valence electrons. The van der Waals surface area contributed by atoms with E-state index in [1.165, 1.54) is 12.8 Å². The first-order valence-corrected chi connectivity index (χ1v) is 12.6. The van der Waals surface area contributed by atoms with Crippen molar-refractivity contribution in [3.05, 3.63) is 47.8 Å². The van der Waals surface area contributed by atoms with Crippen molar-refractivity contribution in [1.82, 2.24) is 14.2 Å². The molecule has 3 rings (SSSR count). The number of carbonyl (C=O) groups is 1. The van der Waals surface area contributed by atoms with E-state index in [0.717, 1.165) is 31.6 Å². The van der Waals surface area contributed by atoms with E-state index >= 15 is 0 Å². The predicted molar refractivity (Wildman–Crippen MR) is 123 cm³/mol. The Labute approximate surface area is 185 Å². The van der Waals surface area contributed by atoms with E-state index in [4.69, 9.17) is 0 Å². The molecule has 1 aliphatic rings. The van der Waals surface area contributed by atoms with Gasteiger partial charge < -0.3 is 9.88 Å². The summed E-state index contributed by atoms with van der Waals surface area (Å²) in [4.78, 5) is 14.3. The van der Waals surface area contributed by atoms with E-state index in [9.17, 15) is 13.2 Å². The van der Waals surface area contributed by atoms with Gasteiger partial charge in [-0.15, -0.1) is 0 Å². The summed E-state index contributed by atoms with van der Waals surface area (Å²) in [5.74, 6) is -0.101. The summed E-state index contributed by atoms with van der Waals surface area (Å²) in [7, 11) is -1.69. The maximum absolute atomic E-state index is 13.1. The van der Waals surface area contributed by atoms with Gasteiger partial charge in [0.25, 0.3) is 0 Å². The Bertz CT molecular complexity index is 992. The first kappa shape index (κ1) is 23.5. The highest BCUT2D eigenvalue weighted by molar-refractivity contribution is 7.89. The number of hydrogen-bond acceptors (Lipinski definition) is 4. The molecule has 0 saturated carbocycles. The lowest BCUT2D eigenvalue weighted by atomic mass is 10.1. The fourth-order valence-corrected chi connectivity index (χ4v) is 5.46. The second-order valence-electron chi connectivity index (χ2n) is 8.24. The van der Waals surface area contributed by atoms with Crippen LogP contribution in [0, 0.1) is 6.92 Å². The molecule has 2 aromatic rings. The Hall–Kier alpha value is -2.16. The lowest BCUT2D eigenvalue weighted by Crippen LogP contribution is -2.39. The molecule has 1 atom stereocenters. The summed E-state index contributed by atoms with van der Waals surface area (Å²) in [5.41, 5.74) is 2.32. The lowest BCUT2D eigenvalue weighted by Gasteiger charge is -2.31. The minimum atomic E-state index is -3.69. The van der Waals surface area contributed by atoms with Gasteiger partial charge in [-0.2, -0.15) is 0 Å². The normalized spacial score (nSPS) is 16.6. The number of benzene rings is 1. The van der Waals surface area contributed by atoms with Gasteiger partial charge in [-0.05, 0) is 68.8 Å². The molecule has 2 heterocycles. The highest BCUT2D eigenvalue weighted by atomic mass is 32.2. The molecule has 31 heavy (non-hydrogen) atoms. The van der Waals surface area contributed by atoms with Crippen LogP contribution in [0.25, 0.3) is 0 Å². The van der Waals surface area contributed by atoms with Crippen molar-refractivity contribution in [1.29, 1.82) is 0 Å². The van der Waals surface area contributed by atoms with E-state index in [1.54, 1.807) is 32.0 Å². The Morgan fingerprint density at radius 3 is 2.42 bits per heavy atom. The monoisotopic (exact) mass is 446 g/mol. The van der Waals surface area contributed by atoms with Crippen LogP contribution in [0.2, 0.25) is 0 Å². The standard InChI is InChI=1S/C23H34N4O3S/c1-4-23(28)25-19-11-12-22(18(2)16-19)31(29,30)24-17-21(20-10-9-13-26(20)3)27-14-7-5-6-8-15-27/h9-13,16,21,24H,4-8,14-15,17H2,1-3H3,(H,25,28). The minimum absolute atomic E-state index is 0.0173. The summed E-state index contributed by atoms with van der Waals surface area (Å²) in [6.45, 7) is 5.79. The molecule has 2 N–H and O–H groups in total. The van der Waals surface area contributed by atoms with Gasteiger partial charge in [-0.25, -0.2) is 13.1 Å². The van der Waals surface area contributed by atoms with Crippen molar-refractivity contribution >= 4 is 21.6 Å². The summed E-state index contributed by atoms with van der Waals surface area (Å²) in [5, 5.41) is 2.77. The first-order valence-electron chi connectivity index (χ1n) is 11.1. The van der Waals surface area contributed by atoms with Gasteiger partial charge >= 0.3 is 0 Å². The number of sulfonamides is 1. The number of aryl methyl sites for hydroxylation is 2. The molecule has 1 amide bonds. The summed E-state index contributed by atoms with van der Waals surface area (Å²) in [6.07, 6.45) is 7.10. The molecule has 0 bridgehead atoms. The number of rotatable bonds is 8. The SMILES string of the molecule is CCC(=O)Nc1ccc(S(=O)(=O)NCC(c2cccn2C)N2CCCCCC2)c(C)c1. The van der Waals surface area contributed by atoms with Gasteiger partial charge in [-0.3, -0.25) is 9.69 Å². The van der Waals surface area contributed by atoms with Crippen LogP contribution >= 0.6 is 0 Å². The third-order valence-corrected chi connectivity index (χ3v) is 7.53. The van der Waals surface area contributed by atoms with Crippen LogP contribution in [0.5, 0.6) is 0 Å². The Kier molecular flexibility index (Phi) is 7.91. The van der Waals surface area contributed by atoms with Gasteiger partial charge in [0.1, 0.15) is 0 Å².